The minimum atomic E-state index is -0.863. The molecule has 0 aliphatic heterocycles. The molecule has 2 atom stereocenters. The monoisotopic (exact) mass is 391 g/mol. The normalized spacial score (nSPS) is 19.1. The highest BCUT2D eigenvalue weighted by molar-refractivity contribution is 5.84. The maximum absolute atomic E-state index is 12.5. The Balaban J connectivity index is 1.91. The van der Waals surface area contributed by atoms with Gasteiger partial charge in [0.2, 0.25) is 5.91 Å². The number of benzene rings is 1. The topological polar surface area (TPSA) is 84.9 Å². The van der Waals surface area contributed by atoms with E-state index in [1.807, 2.05) is 18.2 Å². The largest absolute Gasteiger partial charge is 0.497 e. The Kier molecular flexibility index (Phi) is 9.11. The van der Waals surface area contributed by atoms with Crippen LogP contribution in [0.1, 0.15) is 57.4 Å². The van der Waals surface area contributed by atoms with Crippen LogP contribution >= 0.6 is 0 Å². The molecule has 2 unspecified atom stereocenters. The second-order valence-corrected chi connectivity index (χ2v) is 7.41. The van der Waals surface area contributed by atoms with Gasteiger partial charge in [0.05, 0.1) is 25.6 Å². The molecule has 156 valence electrons. The highest BCUT2D eigenvalue weighted by atomic mass is 16.5. The molecular formula is C22H33NO5. The zero-order valence-corrected chi connectivity index (χ0v) is 17.0. The molecule has 1 saturated carbocycles. The first kappa shape index (κ1) is 22.1. The lowest BCUT2D eigenvalue weighted by molar-refractivity contribution is -0.148. The first-order valence-corrected chi connectivity index (χ1v) is 10.4. The number of hydrogen-bond donors (Lipinski definition) is 2. The molecule has 6 nitrogen and oxygen atoms in total. The summed E-state index contributed by atoms with van der Waals surface area (Å²) in [7, 11) is 1.62. The van der Waals surface area contributed by atoms with Gasteiger partial charge in [-0.3, -0.25) is 9.59 Å². The zero-order valence-electron chi connectivity index (χ0n) is 17.0. The lowest BCUT2D eigenvalue weighted by atomic mass is 9.78. The molecule has 1 fully saturated rings. The average molecular weight is 392 g/mol. The van der Waals surface area contributed by atoms with Crippen LogP contribution in [0.3, 0.4) is 0 Å². The van der Waals surface area contributed by atoms with E-state index in [1.165, 1.54) is 0 Å². The van der Waals surface area contributed by atoms with E-state index in [0.717, 1.165) is 49.2 Å². The number of carboxylic acid groups (broad SMARTS) is 1. The maximum atomic E-state index is 12.5. The van der Waals surface area contributed by atoms with Crippen LogP contribution in [0, 0.1) is 11.8 Å². The van der Waals surface area contributed by atoms with E-state index in [1.54, 1.807) is 7.11 Å². The van der Waals surface area contributed by atoms with E-state index in [0.29, 0.717) is 32.4 Å². The van der Waals surface area contributed by atoms with Crippen molar-refractivity contribution in [3.05, 3.63) is 23.8 Å². The van der Waals surface area contributed by atoms with Crippen molar-refractivity contribution in [2.75, 3.05) is 20.3 Å². The van der Waals surface area contributed by atoms with E-state index in [-0.39, 0.29) is 5.91 Å². The van der Waals surface area contributed by atoms with Crippen LogP contribution in [-0.4, -0.2) is 37.2 Å². The first-order valence-electron chi connectivity index (χ1n) is 10.4. The van der Waals surface area contributed by atoms with Crippen molar-refractivity contribution in [3.8, 4) is 11.5 Å². The lowest BCUT2D eigenvalue weighted by Crippen LogP contribution is -2.40. The number of methoxy groups -OCH3 is 1. The Hall–Kier alpha value is -2.24. The third-order valence-electron chi connectivity index (χ3n) is 5.39. The molecule has 0 heterocycles. The molecule has 6 heteroatoms. The lowest BCUT2D eigenvalue weighted by Gasteiger charge is -2.27. The molecule has 1 aliphatic rings. The van der Waals surface area contributed by atoms with Crippen LogP contribution in [-0.2, 0) is 16.0 Å². The van der Waals surface area contributed by atoms with Gasteiger partial charge in [0.25, 0.3) is 0 Å². The van der Waals surface area contributed by atoms with Crippen LogP contribution in [0.4, 0.5) is 0 Å². The van der Waals surface area contributed by atoms with Gasteiger partial charge < -0.3 is 19.9 Å². The fourth-order valence-electron chi connectivity index (χ4n) is 3.73. The second-order valence-electron chi connectivity index (χ2n) is 7.41. The molecular weight excluding hydrogens is 358 g/mol. The molecule has 1 aromatic rings. The smallest absolute Gasteiger partial charge is 0.307 e. The van der Waals surface area contributed by atoms with Gasteiger partial charge in [-0.1, -0.05) is 38.7 Å². The van der Waals surface area contributed by atoms with Crippen molar-refractivity contribution < 1.29 is 24.2 Å². The van der Waals surface area contributed by atoms with Gasteiger partial charge in [-0.15, -0.1) is 0 Å². The van der Waals surface area contributed by atoms with Crippen molar-refractivity contribution in [1.82, 2.24) is 5.32 Å². The van der Waals surface area contributed by atoms with Gasteiger partial charge in [-0.05, 0) is 37.3 Å². The third-order valence-corrected chi connectivity index (χ3v) is 5.39. The van der Waals surface area contributed by atoms with Gasteiger partial charge >= 0.3 is 5.97 Å². The Morgan fingerprint density at radius 1 is 1.18 bits per heavy atom. The highest BCUT2D eigenvalue weighted by Crippen LogP contribution is 2.30. The van der Waals surface area contributed by atoms with Gasteiger partial charge in [0.1, 0.15) is 11.5 Å². The van der Waals surface area contributed by atoms with Crippen LogP contribution in [0.2, 0.25) is 0 Å². The summed E-state index contributed by atoms with van der Waals surface area (Å²) in [6, 6.07) is 5.73. The van der Waals surface area contributed by atoms with Gasteiger partial charge in [0.15, 0.2) is 0 Å². The van der Waals surface area contributed by atoms with Crippen LogP contribution in [0.15, 0.2) is 18.2 Å². The second kappa shape index (κ2) is 11.6. The SMILES string of the molecule is CCCCCOc1cc(OC)ccc1CCNC(=O)C1CCCCC1C(=O)O. The number of aliphatic carboxylic acids is 1. The maximum Gasteiger partial charge on any atom is 0.307 e. The summed E-state index contributed by atoms with van der Waals surface area (Å²) in [6.45, 7) is 3.27. The molecule has 1 amide bonds. The molecule has 2 rings (SSSR count). The molecule has 1 aliphatic carbocycles. The summed E-state index contributed by atoms with van der Waals surface area (Å²) in [5.74, 6) is -0.474. The van der Waals surface area contributed by atoms with E-state index in [2.05, 4.69) is 12.2 Å². The molecule has 0 radical (unpaired) electrons. The predicted octanol–water partition coefficient (Wildman–Crippen LogP) is 3.81. The molecule has 0 spiro atoms. The predicted molar refractivity (Wildman–Crippen MR) is 108 cm³/mol. The number of hydrogen-bond acceptors (Lipinski definition) is 4. The summed E-state index contributed by atoms with van der Waals surface area (Å²) in [4.78, 5) is 23.9. The summed E-state index contributed by atoms with van der Waals surface area (Å²) < 4.78 is 11.2. The van der Waals surface area contributed by atoms with Crippen LogP contribution in [0.5, 0.6) is 11.5 Å². The quantitative estimate of drug-likeness (QED) is 0.560. The van der Waals surface area contributed by atoms with Crippen LogP contribution in [0.25, 0.3) is 0 Å². The number of carboxylic acids is 1. The fraction of sp³-hybridized carbons (Fsp3) is 0.636. The number of nitrogens with one attached hydrogen (secondary N) is 1. The standard InChI is InChI=1S/C22H33NO5/c1-3-4-7-14-28-20-15-17(27-2)11-10-16(20)12-13-23-21(24)18-8-5-6-9-19(18)22(25)26/h10-11,15,18-19H,3-9,12-14H2,1-2H3,(H,23,24)(H,25,26). The van der Waals surface area contributed by atoms with Crippen molar-refractivity contribution in [3.63, 3.8) is 0 Å². The molecule has 0 bridgehead atoms. The number of rotatable bonds is 11. The number of amides is 1. The van der Waals surface area contributed by atoms with E-state index in [9.17, 15) is 14.7 Å². The Bertz CT molecular complexity index is 646. The number of carbonyl (C=O) groups is 2. The Morgan fingerprint density at radius 2 is 1.93 bits per heavy atom. The molecule has 28 heavy (non-hydrogen) atoms. The summed E-state index contributed by atoms with van der Waals surface area (Å²) in [6.07, 6.45) is 6.92. The summed E-state index contributed by atoms with van der Waals surface area (Å²) >= 11 is 0. The molecule has 0 aromatic heterocycles. The van der Waals surface area contributed by atoms with Gasteiger partial charge in [-0.25, -0.2) is 0 Å². The average Bonchev–Trinajstić information content (AvgIpc) is 2.71. The van der Waals surface area contributed by atoms with Crippen LogP contribution < -0.4 is 14.8 Å². The fourth-order valence-corrected chi connectivity index (χ4v) is 3.73. The summed E-state index contributed by atoms with van der Waals surface area (Å²) in [5.41, 5.74) is 1.01. The Labute approximate surface area is 167 Å². The van der Waals surface area contributed by atoms with E-state index in [4.69, 9.17) is 9.47 Å². The number of carbonyl (C=O) groups excluding carboxylic acids is 1. The number of ether oxygens (including phenoxy) is 2. The van der Waals surface area contributed by atoms with Crippen molar-refractivity contribution in [1.29, 1.82) is 0 Å². The number of unbranched alkanes of at least 4 members (excludes halogenated alkanes) is 2. The van der Waals surface area contributed by atoms with E-state index >= 15 is 0 Å². The zero-order chi connectivity index (χ0) is 20.4. The molecule has 2 N–H and O–H groups in total. The van der Waals surface area contributed by atoms with Crippen molar-refractivity contribution in [2.45, 2.75) is 58.3 Å². The molecule has 0 saturated heterocycles. The van der Waals surface area contributed by atoms with E-state index < -0.39 is 17.8 Å². The summed E-state index contributed by atoms with van der Waals surface area (Å²) in [5, 5.41) is 12.3. The van der Waals surface area contributed by atoms with Crippen molar-refractivity contribution >= 4 is 11.9 Å². The first-order chi connectivity index (χ1) is 13.6. The molecule has 1 aromatic carbocycles. The minimum Gasteiger partial charge on any atom is -0.497 e. The third kappa shape index (κ3) is 6.43. The highest BCUT2D eigenvalue weighted by Gasteiger charge is 2.35. The Morgan fingerprint density at radius 3 is 2.61 bits per heavy atom. The van der Waals surface area contributed by atoms with Gasteiger partial charge in [-0.2, -0.15) is 0 Å². The van der Waals surface area contributed by atoms with Gasteiger partial charge in [0, 0.05) is 12.6 Å². The van der Waals surface area contributed by atoms with Crippen molar-refractivity contribution in [2.24, 2.45) is 11.8 Å². The minimum absolute atomic E-state index is 0.147.